The van der Waals surface area contributed by atoms with Crippen LogP contribution in [-0.2, 0) is 9.53 Å². The van der Waals surface area contributed by atoms with Crippen LogP contribution in [0.5, 0.6) is 17.2 Å². The van der Waals surface area contributed by atoms with Crippen molar-refractivity contribution in [1.29, 1.82) is 0 Å². The van der Waals surface area contributed by atoms with Crippen molar-refractivity contribution in [3.63, 3.8) is 0 Å². The number of esters is 1. The second-order valence-corrected chi connectivity index (χ2v) is 7.14. The van der Waals surface area contributed by atoms with Crippen molar-refractivity contribution in [3.8, 4) is 17.2 Å². The smallest absolute Gasteiger partial charge is 0.342 e. The molecule has 3 rings (SSSR count). The van der Waals surface area contributed by atoms with E-state index in [9.17, 15) is 14.7 Å². The minimum Gasteiger partial charge on any atom is -0.507 e. The lowest BCUT2D eigenvalue weighted by Crippen LogP contribution is -2.33. The van der Waals surface area contributed by atoms with Gasteiger partial charge in [-0.1, -0.05) is 35.9 Å². The molecule has 0 heterocycles. The number of rotatable bonds is 8. The number of amides is 1. The molecule has 32 heavy (non-hydrogen) atoms. The molecule has 0 aliphatic heterocycles. The Bertz CT molecular complexity index is 1030. The third-order valence-corrected chi connectivity index (χ3v) is 4.91. The van der Waals surface area contributed by atoms with E-state index in [-0.39, 0.29) is 11.3 Å². The molecule has 7 heteroatoms. The molecule has 0 aliphatic carbocycles. The van der Waals surface area contributed by atoms with Gasteiger partial charge in [0.15, 0.2) is 6.61 Å². The van der Waals surface area contributed by atoms with Gasteiger partial charge in [0.2, 0.25) is 0 Å². The highest BCUT2D eigenvalue weighted by molar-refractivity contribution is 5.94. The zero-order valence-corrected chi connectivity index (χ0v) is 18.1. The van der Waals surface area contributed by atoms with E-state index in [0.717, 1.165) is 16.7 Å². The fourth-order valence-electron chi connectivity index (χ4n) is 3.18. The molecule has 1 amide bonds. The maximum Gasteiger partial charge on any atom is 0.342 e. The number of aryl methyl sites for hydroxylation is 1. The van der Waals surface area contributed by atoms with Crippen molar-refractivity contribution < 1.29 is 28.9 Å². The molecule has 0 fully saturated rings. The van der Waals surface area contributed by atoms with Crippen LogP contribution in [0.25, 0.3) is 0 Å². The Labute approximate surface area is 186 Å². The van der Waals surface area contributed by atoms with E-state index in [1.807, 2.05) is 24.3 Å². The molecule has 0 spiro atoms. The lowest BCUT2D eigenvalue weighted by molar-refractivity contribution is -0.124. The van der Waals surface area contributed by atoms with Gasteiger partial charge >= 0.3 is 5.97 Å². The van der Waals surface area contributed by atoms with E-state index in [1.165, 1.54) is 12.1 Å². The van der Waals surface area contributed by atoms with Crippen molar-refractivity contribution in [1.82, 2.24) is 5.32 Å². The molecule has 3 aromatic rings. The number of methoxy groups -OCH3 is 2. The lowest BCUT2D eigenvalue weighted by Gasteiger charge is -2.20. The predicted octanol–water partition coefficient (Wildman–Crippen LogP) is 3.78. The number of hydrogen-bond donors (Lipinski definition) is 2. The Morgan fingerprint density at radius 1 is 0.875 bits per heavy atom. The number of ether oxygens (including phenoxy) is 3. The van der Waals surface area contributed by atoms with E-state index in [4.69, 9.17) is 14.2 Å². The fraction of sp³-hybridized carbons (Fsp3) is 0.200. The van der Waals surface area contributed by atoms with Crippen LogP contribution in [0.2, 0.25) is 0 Å². The first kappa shape index (κ1) is 22.7. The number of nitrogens with one attached hydrogen (secondary N) is 1. The third kappa shape index (κ3) is 5.57. The van der Waals surface area contributed by atoms with Gasteiger partial charge in [0.25, 0.3) is 5.91 Å². The monoisotopic (exact) mass is 435 g/mol. The molecule has 0 radical (unpaired) electrons. The van der Waals surface area contributed by atoms with Gasteiger partial charge in [-0.05, 0) is 54.4 Å². The lowest BCUT2D eigenvalue weighted by atomic mass is 9.98. The number of hydrogen-bond acceptors (Lipinski definition) is 6. The summed E-state index contributed by atoms with van der Waals surface area (Å²) in [5, 5.41) is 12.8. The Morgan fingerprint density at radius 3 is 1.91 bits per heavy atom. The van der Waals surface area contributed by atoms with E-state index in [2.05, 4.69) is 5.32 Å². The number of phenolic OH excluding ortho intramolecular Hbond substituents is 1. The van der Waals surface area contributed by atoms with Crippen LogP contribution in [-0.4, -0.2) is 37.8 Å². The van der Waals surface area contributed by atoms with E-state index < -0.39 is 24.5 Å². The molecule has 0 aromatic heterocycles. The fourth-order valence-corrected chi connectivity index (χ4v) is 3.18. The Kier molecular flexibility index (Phi) is 7.33. The summed E-state index contributed by atoms with van der Waals surface area (Å²) < 4.78 is 15.5. The SMILES string of the molecule is COc1ccc(C(NC(=O)COC(=O)c2cc(C)ccc2O)c2ccc(OC)cc2)cc1. The van der Waals surface area contributed by atoms with Crippen LogP contribution < -0.4 is 14.8 Å². The Morgan fingerprint density at radius 2 is 1.41 bits per heavy atom. The standard InChI is InChI=1S/C25H25NO6/c1-16-4-13-22(27)21(14-16)25(29)32-15-23(28)26-24(17-5-9-19(30-2)10-6-17)18-7-11-20(31-3)12-8-18/h4-14,24,27H,15H2,1-3H3,(H,26,28). The Hall–Kier alpha value is -4.00. The van der Waals surface area contributed by atoms with Crippen molar-refractivity contribution in [2.24, 2.45) is 0 Å². The molecule has 0 unspecified atom stereocenters. The van der Waals surface area contributed by atoms with Gasteiger partial charge in [-0.15, -0.1) is 0 Å². The second kappa shape index (κ2) is 10.3. The van der Waals surface area contributed by atoms with Crippen molar-refractivity contribution in [3.05, 3.63) is 89.0 Å². The van der Waals surface area contributed by atoms with Crippen molar-refractivity contribution >= 4 is 11.9 Å². The predicted molar refractivity (Wildman–Crippen MR) is 119 cm³/mol. The van der Waals surface area contributed by atoms with Gasteiger partial charge in [0.1, 0.15) is 22.8 Å². The number of carbonyl (C=O) groups is 2. The minimum atomic E-state index is -0.771. The molecule has 3 aromatic carbocycles. The summed E-state index contributed by atoms with van der Waals surface area (Å²) in [7, 11) is 3.16. The van der Waals surface area contributed by atoms with Gasteiger partial charge in [-0.3, -0.25) is 4.79 Å². The first-order valence-electron chi connectivity index (χ1n) is 9.95. The summed E-state index contributed by atoms with van der Waals surface area (Å²) in [6.07, 6.45) is 0. The molecule has 0 saturated heterocycles. The molecular weight excluding hydrogens is 410 g/mol. The molecule has 0 aliphatic rings. The first-order valence-corrected chi connectivity index (χ1v) is 9.95. The Balaban J connectivity index is 1.75. The molecule has 166 valence electrons. The average molecular weight is 435 g/mol. The van der Waals surface area contributed by atoms with Gasteiger partial charge in [0.05, 0.1) is 20.3 Å². The molecular formula is C25H25NO6. The second-order valence-electron chi connectivity index (χ2n) is 7.14. The molecule has 0 bridgehead atoms. The number of benzene rings is 3. The van der Waals surface area contributed by atoms with Crippen molar-refractivity contribution in [2.75, 3.05) is 20.8 Å². The first-order chi connectivity index (χ1) is 15.4. The summed E-state index contributed by atoms with van der Waals surface area (Å²) in [5.74, 6) is -0.0647. The number of phenols is 1. The highest BCUT2D eigenvalue weighted by atomic mass is 16.5. The van der Waals surface area contributed by atoms with Crippen LogP contribution in [0.4, 0.5) is 0 Å². The number of carbonyl (C=O) groups excluding carboxylic acids is 2. The maximum absolute atomic E-state index is 12.6. The van der Waals surface area contributed by atoms with E-state index in [0.29, 0.717) is 11.5 Å². The average Bonchev–Trinajstić information content (AvgIpc) is 2.82. The van der Waals surface area contributed by atoms with Gasteiger partial charge in [-0.25, -0.2) is 4.79 Å². The van der Waals surface area contributed by atoms with Crippen LogP contribution in [0.1, 0.15) is 33.1 Å². The van der Waals surface area contributed by atoms with Crippen LogP contribution in [0, 0.1) is 6.92 Å². The van der Waals surface area contributed by atoms with Crippen LogP contribution >= 0.6 is 0 Å². The summed E-state index contributed by atoms with van der Waals surface area (Å²) in [6.45, 7) is 1.30. The zero-order chi connectivity index (χ0) is 23.1. The summed E-state index contributed by atoms with van der Waals surface area (Å²) >= 11 is 0. The molecule has 7 nitrogen and oxygen atoms in total. The van der Waals surface area contributed by atoms with Crippen LogP contribution in [0.3, 0.4) is 0 Å². The highest BCUT2D eigenvalue weighted by Gasteiger charge is 2.20. The quantitative estimate of drug-likeness (QED) is 0.523. The molecule has 2 N–H and O–H groups in total. The largest absolute Gasteiger partial charge is 0.507 e. The molecule has 0 saturated carbocycles. The van der Waals surface area contributed by atoms with Gasteiger partial charge in [-0.2, -0.15) is 0 Å². The maximum atomic E-state index is 12.6. The zero-order valence-electron chi connectivity index (χ0n) is 18.1. The summed E-state index contributed by atoms with van der Waals surface area (Å²) in [6, 6.07) is 18.7. The highest BCUT2D eigenvalue weighted by Crippen LogP contribution is 2.26. The summed E-state index contributed by atoms with van der Waals surface area (Å²) in [5.41, 5.74) is 2.46. The molecule has 0 atom stereocenters. The van der Waals surface area contributed by atoms with E-state index >= 15 is 0 Å². The third-order valence-electron chi connectivity index (χ3n) is 4.91. The van der Waals surface area contributed by atoms with Gasteiger partial charge < -0.3 is 24.6 Å². The van der Waals surface area contributed by atoms with Crippen LogP contribution in [0.15, 0.2) is 66.7 Å². The van der Waals surface area contributed by atoms with Crippen molar-refractivity contribution in [2.45, 2.75) is 13.0 Å². The van der Waals surface area contributed by atoms with E-state index in [1.54, 1.807) is 51.5 Å². The normalized spacial score (nSPS) is 10.5. The number of aromatic hydroxyl groups is 1. The topological polar surface area (TPSA) is 94.1 Å². The van der Waals surface area contributed by atoms with Gasteiger partial charge in [0, 0.05) is 0 Å². The summed E-state index contributed by atoms with van der Waals surface area (Å²) in [4.78, 5) is 24.9. The minimum absolute atomic E-state index is 0.0136.